The van der Waals surface area contributed by atoms with Gasteiger partial charge in [-0.3, -0.25) is 9.79 Å². The summed E-state index contributed by atoms with van der Waals surface area (Å²) in [5.41, 5.74) is 1.87. The van der Waals surface area contributed by atoms with E-state index in [2.05, 4.69) is 31.5 Å². The average molecular weight is 513 g/mol. The number of rotatable bonds is 6. The van der Waals surface area contributed by atoms with Gasteiger partial charge in [0.2, 0.25) is 0 Å². The van der Waals surface area contributed by atoms with Gasteiger partial charge >= 0.3 is 0 Å². The van der Waals surface area contributed by atoms with Crippen LogP contribution in [0.1, 0.15) is 41.6 Å². The molecule has 6 nitrogen and oxygen atoms in total. The van der Waals surface area contributed by atoms with Gasteiger partial charge in [0.05, 0.1) is 0 Å². The van der Waals surface area contributed by atoms with Crippen molar-refractivity contribution in [2.75, 3.05) is 53.4 Å². The number of guanidine groups is 1. The third-order valence-electron chi connectivity index (χ3n) is 5.88. The van der Waals surface area contributed by atoms with Crippen LogP contribution in [-0.4, -0.2) is 75.0 Å². The van der Waals surface area contributed by atoms with Gasteiger partial charge in [0, 0.05) is 45.8 Å². The fourth-order valence-corrected chi connectivity index (χ4v) is 4.34. The summed E-state index contributed by atoms with van der Waals surface area (Å²) in [5.74, 6) is 1.71. The van der Waals surface area contributed by atoms with Gasteiger partial charge in [-0.05, 0) is 62.4 Å². The largest absolute Gasteiger partial charge is 0.356 e. The SMILES string of the molecule is CN=C(NCCc1cccc(C(=O)NC)c1)N1CCC(CN2CCCCC2)C1.I. The van der Waals surface area contributed by atoms with E-state index in [9.17, 15) is 4.79 Å². The summed E-state index contributed by atoms with van der Waals surface area (Å²) in [7, 11) is 3.53. The summed E-state index contributed by atoms with van der Waals surface area (Å²) in [6.07, 6.45) is 6.25. The van der Waals surface area contributed by atoms with Crippen molar-refractivity contribution in [2.45, 2.75) is 32.1 Å². The normalized spacial score (nSPS) is 20.3. The quantitative estimate of drug-likeness (QED) is 0.349. The Morgan fingerprint density at radius 3 is 2.72 bits per heavy atom. The number of amides is 1. The van der Waals surface area contributed by atoms with Crippen molar-refractivity contribution in [1.82, 2.24) is 20.4 Å². The number of carbonyl (C=O) groups excluding carboxylic acids is 1. The molecular formula is C22H36IN5O. The highest BCUT2D eigenvalue weighted by Crippen LogP contribution is 2.20. The lowest BCUT2D eigenvalue weighted by molar-refractivity contribution is 0.0963. The number of benzene rings is 1. The summed E-state index contributed by atoms with van der Waals surface area (Å²) >= 11 is 0. The summed E-state index contributed by atoms with van der Waals surface area (Å²) in [5, 5.41) is 6.19. The summed E-state index contributed by atoms with van der Waals surface area (Å²) < 4.78 is 0. The van der Waals surface area contributed by atoms with Crippen LogP contribution in [0, 0.1) is 5.92 Å². The van der Waals surface area contributed by atoms with Crippen molar-refractivity contribution < 1.29 is 4.79 Å². The number of hydrogen-bond donors (Lipinski definition) is 2. The standard InChI is InChI=1S/C22H35N5O.HI/c1-23-21(28)20-8-6-7-18(15-20)9-11-25-22(24-2)27-14-10-19(17-27)16-26-12-4-3-5-13-26;/h6-8,15,19H,3-5,9-14,16-17H2,1-2H3,(H,23,28)(H,24,25);1H. The van der Waals surface area contributed by atoms with Crippen LogP contribution < -0.4 is 10.6 Å². The van der Waals surface area contributed by atoms with E-state index < -0.39 is 0 Å². The number of nitrogens with one attached hydrogen (secondary N) is 2. The predicted molar refractivity (Wildman–Crippen MR) is 130 cm³/mol. The zero-order chi connectivity index (χ0) is 19.8. The van der Waals surface area contributed by atoms with Crippen LogP contribution in [-0.2, 0) is 6.42 Å². The van der Waals surface area contributed by atoms with Gasteiger partial charge in [-0.1, -0.05) is 18.6 Å². The highest BCUT2D eigenvalue weighted by atomic mass is 127. The minimum Gasteiger partial charge on any atom is -0.356 e. The Kier molecular flexibility index (Phi) is 10.2. The molecule has 1 amide bonds. The first-order valence-corrected chi connectivity index (χ1v) is 10.7. The van der Waals surface area contributed by atoms with Crippen LogP contribution in [0.25, 0.3) is 0 Å². The molecule has 3 rings (SSSR count). The molecule has 1 aromatic rings. The molecule has 7 heteroatoms. The Morgan fingerprint density at radius 2 is 2.00 bits per heavy atom. The minimum absolute atomic E-state index is 0. The maximum atomic E-state index is 11.8. The van der Waals surface area contributed by atoms with E-state index >= 15 is 0 Å². The van der Waals surface area contributed by atoms with Gasteiger partial charge in [0.25, 0.3) is 5.91 Å². The van der Waals surface area contributed by atoms with Crippen LogP contribution in [0.5, 0.6) is 0 Å². The van der Waals surface area contributed by atoms with E-state index in [0.717, 1.165) is 43.5 Å². The Labute approximate surface area is 192 Å². The molecule has 1 unspecified atom stereocenters. The third kappa shape index (κ3) is 7.13. The van der Waals surface area contributed by atoms with Crippen molar-refractivity contribution in [3.63, 3.8) is 0 Å². The molecule has 0 spiro atoms. The molecule has 29 heavy (non-hydrogen) atoms. The maximum Gasteiger partial charge on any atom is 0.251 e. The van der Waals surface area contributed by atoms with Crippen LogP contribution in [0.15, 0.2) is 29.3 Å². The average Bonchev–Trinajstić information content (AvgIpc) is 3.19. The van der Waals surface area contributed by atoms with Crippen molar-refractivity contribution in [1.29, 1.82) is 0 Å². The van der Waals surface area contributed by atoms with Crippen molar-refractivity contribution >= 4 is 35.8 Å². The molecule has 2 heterocycles. The number of carbonyl (C=O) groups is 1. The van der Waals surface area contributed by atoms with E-state index in [1.165, 1.54) is 45.3 Å². The van der Waals surface area contributed by atoms with Gasteiger partial charge in [-0.25, -0.2) is 0 Å². The highest BCUT2D eigenvalue weighted by Gasteiger charge is 2.26. The fraction of sp³-hybridized carbons (Fsp3) is 0.636. The van der Waals surface area contributed by atoms with E-state index in [4.69, 9.17) is 0 Å². The molecule has 0 aliphatic carbocycles. The lowest BCUT2D eigenvalue weighted by Gasteiger charge is -2.29. The monoisotopic (exact) mass is 513 g/mol. The molecule has 2 N–H and O–H groups in total. The lowest BCUT2D eigenvalue weighted by Crippen LogP contribution is -2.42. The molecule has 1 atom stereocenters. The Hall–Kier alpha value is -1.35. The maximum absolute atomic E-state index is 11.8. The summed E-state index contributed by atoms with van der Waals surface area (Å²) in [4.78, 5) is 21.3. The first-order chi connectivity index (χ1) is 13.7. The smallest absolute Gasteiger partial charge is 0.251 e. The minimum atomic E-state index is -0.0394. The van der Waals surface area contributed by atoms with Crippen LogP contribution >= 0.6 is 24.0 Å². The summed E-state index contributed by atoms with van der Waals surface area (Å²) in [6, 6.07) is 7.83. The second-order valence-corrected chi connectivity index (χ2v) is 7.97. The van der Waals surface area contributed by atoms with Crippen molar-refractivity contribution in [3.05, 3.63) is 35.4 Å². The zero-order valence-corrected chi connectivity index (χ0v) is 20.2. The lowest BCUT2D eigenvalue weighted by atomic mass is 10.1. The number of piperidine rings is 1. The number of aliphatic imine (C=N–C) groups is 1. The molecule has 1 aromatic carbocycles. The fourth-order valence-electron chi connectivity index (χ4n) is 4.34. The molecule has 0 bridgehead atoms. The molecule has 2 saturated heterocycles. The van der Waals surface area contributed by atoms with E-state index in [-0.39, 0.29) is 29.9 Å². The van der Waals surface area contributed by atoms with Gasteiger partial charge in [-0.15, -0.1) is 24.0 Å². The second-order valence-electron chi connectivity index (χ2n) is 7.97. The Morgan fingerprint density at radius 1 is 1.21 bits per heavy atom. The molecule has 0 saturated carbocycles. The van der Waals surface area contributed by atoms with Gasteiger partial charge in [0.15, 0.2) is 5.96 Å². The van der Waals surface area contributed by atoms with Crippen molar-refractivity contribution in [3.8, 4) is 0 Å². The zero-order valence-electron chi connectivity index (χ0n) is 17.8. The molecule has 2 fully saturated rings. The number of hydrogen-bond acceptors (Lipinski definition) is 3. The molecular weight excluding hydrogens is 477 g/mol. The number of halogens is 1. The number of nitrogens with zero attached hydrogens (tertiary/aromatic N) is 3. The molecule has 0 aromatic heterocycles. The topological polar surface area (TPSA) is 60.0 Å². The first kappa shape index (κ1) is 23.9. The number of likely N-dealkylation sites (tertiary alicyclic amines) is 2. The summed E-state index contributed by atoms with van der Waals surface area (Å²) in [6.45, 7) is 6.79. The predicted octanol–water partition coefficient (Wildman–Crippen LogP) is 2.59. The Balaban J connectivity index is 0.00000300. The highest BCUT2D eigenvalue weighted by molar-refractivity contribution is 14.0. The van der Waals surface area contributed by atoms with Gasteiger partial charge in [-0.2, -0.15) is 0 Å². The molecule has 162 valence electrons. The van der Waals surface area contributed by atoms with Crippen molar-refractivity contribution in [2.24, 2.45) is 10.9 Å². The molecule has 2 aliphatic heterocycles. The van der Waals surface area contributed by atoms with Gasteiger partial charge < -0.3 is 20.4 Å². The van der Waals surface area contributed by atoms with Crippen LogP contribution in [0.4, 0.5) is 0 Å². The van der Waals surface area contributed by atoms with Crippen LogP contribution in [0.2, 0.25) is 0 Å². The Bertz CT molecular complexity index is 675. The molecule has 2 aliphatic rings. The first-order valence-electron chi connectivity index (χ1n) is 10.7. The van der Waals surface area contributed by atoms with E-state index in [1.807, 2.05) is 25.2 Å². The second kappa shape index (κ2) is 12.4. The van der Waals surface area contributed by atoms with Gasteiger partial charge in [0.1, 0.15) is 0 Å². The molecule has 0 radical (unpaired) electrons. The van der Waals surface area contributed by atoms with Crippen LogP contribution in [0.3, 0.4) is 0 Å². The third-order valence-corrected chi connectivity index (χ3v) is 5.88. The van der Waals surface area contributed by atoms with E-state index in [0.29, 0.717) is 5.56 Å². The van der Waals surface area contributed by atoms with E-state index in [1.54, 1.807) is 7.05 Å².